The molecule has 1 rings (SSSR count). The summed E-state index contributed by atoms with van der Waals surface area (Å²) in [4.78, 5) is 0.889. The zero-order valence-corrected chi connectivity index (χ0v) is 8.27. The van der Waals surface area contributed by atoms with E-state index in [0.29, 0.717) is 0 Å². The van der Waals surface area contributed by atoms with Crippen LogP contribution < -0.4 is 0 Å². The van der Waals surface area contributed by atoms with Gasteiger partial charge in [0.15, 0.2) is 0 Å². The summed E-state index contributed by atoms with van der Waals surface area (Å²) in [5, 5.41) is 0. The van der Waals surface area contributed by atoms with Crippen LogP contribution in [0.5, 0.6) is 0 Å². The predicted octanol–water partition coefficient (Wildman–Crippen LogP) is 3.75. The summed E-state index contributed by atoms with van der Waals surface area (Å²) in [6.45, 7) is 7.27. The van der Waals surface area contributed by atoms with Crippen LogP contribution in [0.4, 0.5) is 0 Å². The minimum Gasteiger partial charge on any atom is -0.325 e. The summed E-state index contributed by atoms with van der Waals surface area (Å²) in [6.07, 6.45) is 1.75. The van der Waals surface area contributed by atoms with E-state index in [1.165, 1.54) is 5.56 Å². The van der Waals surface area contributed by atoms with Gasteiger partial charge < -0.3 is 4.55 Å². The first kappa shape index (κ1) is 11.3. The molecule has 0 aliphatic rings. The lowest BCUT2D eigenvalue weighted by Crippen LogP contribution is -1.70. The number of allylic oxidation sites excluding steroid dienone is 1. The predicted molar refractivity (Wildman–Crippen MR) is 55.5 cm³/mol. The molecule has 1 aromatic carbocycles. The maximum atomic E-state index is 8.55. The van der Waals surface area contributed by atoms with Gasteiger partial charge >= 0.3 is 0 Å². The molecule has 0 saturated heterocycles. The molecule has 0 spiro atoms. The first-order valence-corrected chi connectivity index (χ1v) is 4.47. The first-order valence-electron chi connectivity index (χ1n) is 3.69. The van der Waals surface area contributed by atoms with Gasteiger partial charge in [0.2, 0.25) is 0 Å². The van der Waals surface area contributed by atoms with Crippen molar-refractivity contribution in [3.8, 4) is 0 Å². The number of rotatable bonds is 1. The van der Waals surface area contributed by atoms with Gasteiger partial charge in [-0.1, -0.05) is 23.8 Å². The molecule has 2 heteroatoms. The third-order valence-corrected chi connectivity index (χ3v) is 1.61. The van der Waals surface area contributed by atoms with E-state index in [4.69, 9.17) is 4.55 Å². The normalized spacial score (nSPS) is 8.25. The number of hydrogen-bond acceptors (Lipinski definition) is 2. The largest absolute Gasteiger partial charge is 0.325 e. The minimum atomic E-state index is 0.777. The highest BCUT2D eigenvalue weighted by Crippen LogP contribution is 2.13. The van der Waals surface area contributed by atoms with Crippen LogP contribution in [0.1, 0.15) is 12.5 Å². The van der Waals surface area contributed by atoms with Gasteiger partial charge in [-0.15, -0.1) is 6.58 Å². The molecule has 0 atom stereocenters. The first-order chi connectivity index (χ1) is 5.74. The molecule has 0 aromatic heterocycles. The fourth-order valence-corrected chi connectivity index (χ4v) is 0.857. The summed E-state index contributed by atoms with van der Waals surface area (Å²) in [5.41, 5.74) is 1.22. The average molecular weight is 182 g/mol. The standard InChI is InChI=1S/C7H8OS.C3H6/c1-6-2-4-7(9-8)5-3-6;1-3-2/h2-5,8H,1H3;3H,1H2,2H3. The van der Waals surface area contributed by atoms with Gasteiger partial charge in [-0.3, -0.25) is 0 Å². The Balaban J connectivity index is 0.000000354. The van der Waals surface area contributed by atoms with Crippen molar-refractivity contribution >= 4 is 12.0 Å². The van der Waals surface area contributed by atoms with E-state index >= 15 is 0 Å². The monoisotopic (exact) mass is 182 g/mol. The Bertz CT molecular complexity index is 216. The van der Waals surface area contributed by atoms with Crippen LogP contribution in [0.3, 0.4) is 0 Å². The molecule has 12 heavy (non-hydrogen) atoms. The van der Waals surface area contributed by atoms with Crippen molar-refractivity contribution in [2.75, 3.05) is 0 Å². The fraction of sp³-hybridized carbons (Fsp3) is 0.200. The van der Waals surface area contributed by atoms with Crippen LogP contribution in [0, 0.1) is 6.92 Å². The summed E-state index contributed by atoms with van der Waals surface area (Å²) in [6, 6.07) is 7.72. The quantitative estimate of drug-likeness (QED) is 0.527. The summed E-state index contributed by atoms with van der Waals surface area (Å²) in [7, 11) is 0. The van der Waals surface area contributed by atoms with Crippen LogP contribution in [-0.4, -0.2) is 4.55 Å². The van der Waals surface area contributed by atoms with E-state index < -0.39 is 0 Å². The van der Waals surface area contributed by atoms with Crippen molar-refractivity contribution in [3.63, 3.8) is 0 Å². The topological polar surface area (TPSA) is 20.2 Å². The SMILES string of the molecule is C=CC.Cc1ccc(SO)cc1. The second-order valence-electron chi connectivity index (χ2n) is 2.31. The fourth-order valence-electron chi connectivity index (χ4n) is 0.599. The molecule has 66 valence electrons. The maximum absolute atomic E-state index is 8.55. The number of aryl methyl sites for hydroxylation is 1. The highest BCUT2D eigenvalue weighted by Gasteiger charge is 1.87. The molecule has 0 aliphatic carbocycles. The Morgan fingerprint density at radius 2 is 1.75 bits per heavy atom. The summed E-state index contributed by atoms with van der Waals surface area (Å²) < 4.78 is 8.55. The zero-order valence-electron chi connectivity index (χ0n) is 7.45. The second-order valence-corrected chi connectivity index (χ2v) is 2.97. The summed E-state index contributed by atoms with van der Waals surface area (Å²) >= 11 is 0.777. The molecule has 1 N–H and O–H groups in total. The number of hydrogen-bond donors (Lipinski definition) is 1. The van der Waals surface area contributed by atoms with Gasteiger partial charge in [-0.25, -0.2) is 0 Å². The Labute approximate surface area is 78.3 Å². The van der Waals surface area contributed by atoms with Crippen LogP contribution in [0.25, 0.3) is 0 Å². The molecule has 0 unspecified atom stereocenters. The van der Waals surface area contributed by atoms with E-state index in [-0.39, 0.29) is 0 Å². The molecule has 1 nitrogen and oxygen atoms in total. The molecule has 0 saturated carbocycles. The van der Waals surface area contributed by atoms with Crippen molar-refractivity contribution < 1.29 is 4.55 Å². The smallest absolute Gasteiger partial charge is 0.0350 e. The molecular weight excluding hydrogens is 168 g/mol. The van der Waals surface area contributed by atoms with Crippen molar-refractivity contribution in [3.05, 3.63) is 42.5 Å². The molecular formula is C10H14OS. The molecule has 0 aliphatic heterocycles. The van der Waals surface area contributed by atoms with Crippen LogP contribution in [-0.2, 0) is 0 Å². The Hall–Kier alpha value is -0.730. The minimum absolute atomic E-state index is 0.777. The number of benzene rings is 1. The second kappa shape index (κ2) is 6.95. The van der Waals surface area contributed by atoms with Gasteiger partial charge in [0.25, 0.3) is 0 Å². The summed E-state index contributed by atoms with van der Waals surface area (Å²) in [5.74, 6) is 0. The Morgan fingerprint density at radius 3 is 2.08 bits per heavy atom. The Kier molecular flexibility index (Phi) is 6.53. The lowest BCUT2D eigenvalue weighted by atomic mass is 10.2. The van der Waals surface area contributed by atoms with E-state index in [2.05, 4.69) is 6.58 Å². The third kappa shape index (κ3) is 4.99. The van der Waals surface area contributed by atoms with E-state index in [0.717, 1.165) is 16.9 Å². The van der Waals surface area contributed by atoms with Crippen LogP contribution in [0.2, 0.25) is 0 Å². The average Bonchev–Trinajstić information content (AvgIpc) is 2.07. The van der Waals surface area contributed by atoms with Gasteiger partial charge in [0.05, 0.1) is 0 Å². The van der Waals surface area contributed by atoms with Gasteiger partial charge in [-0.05, 0) is 26.0 Å². The molecule has 0 radical (unpaired) electrons. The van der Waals surface area contributed by atoms with Gasteiger partial charge in [0.1, 0.15) is 0 Å². The maximum Gasteiger partial charge on any atom is 0.0350 e. The third-order valence-electron chi connectivity index (χ3n) is 1.13. The highest BCUT2D eigenvalue weighted by atomic mass is 32.2. The van der Waals surface area contributed by atoms with Crippen molar-refractivity contribution in [2.45, 2.75) is 18.7 Å². The molecule has 0 amide bonds. The van der Waals surface area contributed by atoms with E-state index in [9.17, 15) is 0 Å². The molecule has 0 bridgehead atoms. The van der Waals surface area contributed by atoms with Crippen LogP contribution in [0.15, 0.2) is 41.8 Å². The molecule has 1 aromatic rings. The van der Waals surface area contributed by atoms with Crippen molar-refractivity contribution in [1.82, 2.24) is 0 Å². The van der Waals surface area contributed by atoms with Crippen LogP contribution >= 0.6 is 12.0 Å². The van der Waals surface area contributed by atoms with Gasteiger partial charge in [-0.2, -0.15) is 0 Å². The lowest BCUT2D eigenvalue weighted by Gasteiger charge is -1.92. The highest BCUT2D eigenvalue weighted by molar-refractivity contribution is 7.93. The molecule has 0 heterocycles. The zero-order chi connectivity index (χ0) is 9.40. The van der Waals surface area contributed by atoms with Crippen molar-refractivity contribution in [2.24, 2.45) is 0 Å². The lowest BCUT2D eigenvalue weighted by molar-refractivity contribution is 0.664. The van der Waals surface area contributed by atoms with E-state index in [1.807, 2.05) is 38.1 Å². The van der Waals surface area contributed by atoms with E-state index in [1.54, 1.807) is 6.08 Å². The Morgan fingerprint density at radius 1 is 1.33 bits per heavy atom. The van der Waals surface area contributed by atoms with Crippen molar-refractivity contribution in [1.29, 1.82) is 0 Å². The molecule has 0 fully saturated rings. The van der Waals surface area contributed by atoms with Gasteiger partial charge in [0, 0.05) is 16.9 Å².